The van der Waals surface area contributed by atoms with E-state index in [0.29, 0.717) is 17.5 Å². The van der Waals surface area contributed by atoms with Crippen molar-refractivity contribution in [2.24, 2.45) is 0 Å². The second kappa shape index (κ2) is 13.7. The van der Waals surface area contributed by atoms with Gasteiger partial charge in [0.15, 0.2) is 23.1 Å². The van der Waals surface area contributed by atoms with E-state index in [4.69, 9.17) is 19.9 Å². The van der Waals surface area contributed by atoms with Crippen LogP contribution in [0.4, 0.5) is 0 Å². The van der Waals surface area contributed by atoms with Crippen molar-refractivity contribution in [2.45, 2.75) is 0 Å². The van der Waals surface area contributed by atoms with Gasteiger partial charge in [-0.25, -0.2) is 19.9 Å². The summed E-state index contributed by atoms with van der Waals surface area (Å²) in [5.41, 5.74) is 10.3. The Hall–Kier alpha value is -8.06. The third-order valence-electron chi connectivity index (χ3n) is 12.2. The van der Waals surface area contributed by atoms with E-state index in [1.807, 2.05) is 47.7 Å². The van der Waals surface area contributed by atoms with E-state index in [9.17, 15) is 0 Å². The van der Waals surface area contributed by atoms with Gasteiger partial charge in [0.1, 0.15) is 0 Å². The summed E-state index contributed by atoms with van der Waals surface area (Å²) in [6.45, 7) is 0. The Morgan fingerprint density at radius 3 is 1.56 bits per heavy atom. The molecular formula is C56H33N5S. The standard InChI is InChI=1S/C56H33N5S/c1-3-11-34(12-4-1)35-19-23-39(24-20-35)54-58-53(38-14-5-2-6-15-38)59-55(60-54)40-25-21-37(22-26-40)49-33-47-46-31-41-16-7-8-17-42(41)32-50(46)62-52(47)56-57-51-45-28-27-36-13-9-10-18-43(36)44(45)29-30-48(51)61(49)56/h1-33H. The van der Waals surface area contributed by atoms with Gasteiger partial charge in [-0.3, -0.25) is 4.40 Å². The summed E-state index contributed by atoms with van der Waals surface area (Å²) in [6.07, 6.45) is 0. The molecule has 0 atom stereocenters. The first kappa shape index (κ1) is 34.8. The zero-order valence-corrected chi connectivity index (χ0v) is 34.0. The molecule has 6 heteroatoms. The first-order chi connectivity index (χ1) is 30.7. The minimum atomic E-state index is 0.621. The van der Waals surface area contributed by atoms with Crippen molar-refractivity contribution in [1.29, 1.82) is 0 Å². The van der Waals surface area contributed by atoms with E-state index in [1.54, 1.807) is 0 Å². The van der Waals surface area contributed by atoms with Crippen LogP contribution < -0.4 is 0 Å². The monoisotopic (exact) mass is 807 g/mol. The molecule has 0 amide bonds. The van der Waals surface area contributed by atoms with Crippen molar-refractivity contribution in [1.82, 2.24) is 24.3 Å². The fourth-order valence-corrected chi connectivity index (χ4v) is 10.3. The summed E-state index contributed by atoms with van der Waals surface area (Å²) < 4.78 is 4.80. The first-order valence-corrected chi connectivity index (χ1v) is 21.6. The van der Waals surface area contributed by atoms with Crippen molar-refractivity contribution in [3.05, 3.63) is 200 Å². The molecule has 13 rings (SSSR count). The molecule has 0 aliphatic heterocycles. The number of nitrogens with zero attached hydrogens (tertiary/aromatic N) is 5. The van der Waals surface area contributed by atoms with Crippen LogP contribution in [0.15, 0.2) is 200 Å². The maximum Gasteiger partial charge on any atom is 0.164 e. The van der Waals surface area contributed by atoms with Crippen molar-refractivity contribution < 1.29 is 0 Å². The zero-order valence-electron chi connectivity index (χ0n) is 33.2. The van der Waals surface area contributed by atoms with Crippen LogP contribution in [0.1, 0.15) is 0 Å². The maximum absolute atomic E-state index is 5.54. The highest BCUT2D eigenvalue weighted by Crippen LogP contribution is 2.43. The molecule has 0 N–H and O–H groups in total. The Morgan fingerprint density at radius 1 is 0.339 bits per heavy atom. The largest absolute Gasteiger partial charge is 0.291 e. The molecule has 4 heterocycles. The molecule has 4 aromatic heterocycles. The predicted octanol–water partition coefficient (Wildman–Crippen LogP) is 14.8. The van der Waals surface area contributed by atoms with Crippen molar-refractivity contribution in [3.63, 3.8) is 0 Å². The molecule has 0 spiro atoms. The quantitative estimate of drug-likeness (QED) is 0.163. The van der Waals surface area contributed by atoms with Gasteiger partial charge in [0.2, 0.25) is 0 Å². The molecule has 0 aliphatic carbocycles. The highest BCUT2D eigenvalue weighted by Gasteiger charge is 2.20. The molecule has 62 heavy (non-hydrogen) atoms. The summed E-state index contributed by atoms with van der Waals surface area (Å²) in [6, 6.07) is 70.9. The van der Waals surface area contributed by atoms with E-state index in [1.165, 1.54) is 52.7 Å². The van der Waals surface area contributed by atoms with Gasteiger partial charge < -0.3 is 0 Å². The van der Waals surface area contributed by atoms with E-state index in [2.05, 4.69) is 168 Å². The van der Waals surface area contributed by atoms with E-state index in [-0.39, 0.29) is 0 Å². The lowest BCUT2D eigenvalue weighted by Gasteiger charge is -2.11. The summed E-state index contributed by atoms with van der Waals surface area (Å²) in [4.78, 5) is 20.7. The van der Waals surface area contributed by atoms with E-state index < -0.39 is 0 Å². The van der Waals surface area contributed by atoms with Gasteiger partial charge in [0.05, 0.1) is 21.4 Å². The minimum absolute atomic E-state index is 0.621. The molecule has 0 unspecified atom stereocenters. The number of aromatic nitrogens is 5. The number of hydrogen-bond donors (Lipinski definition) is 0. The number of hydrogen-bond acceptors (Lipinski definition) is 5. The zero-order chi connectivity index (χ0) is 40.7. The van der Waals surface area contributed by atoms with Crippen LogP contribution in [-0.2, 0) is 0 Å². The van der Waals surface area contributed by atoms with Crippen molar-refractivity contribution in [3.8, 4) is 56.5 Å². The van der Waals surface area contributed by atoms with Crippen molar-refractivity contribution in [2.75, 3.05) is 0 Å². The Kier molecular flexibility index (Phi) is 7.71. The maximum atomic E-state index is 5.54. The molecule has 0 radical (unpaired) electrons. The normalized spacial score (nSPS) is 11.9. The number of thiophene rings is 1. The number of pyridine rings is 1. The Balaban J connectivity index is 0.997. The molecule has 13 aromatic rings. The molecule has 0 saturated heterocycles. The van der Waals surface area contributed by atoms with E-state index >= 15 is 0 Å². The van der Waals surface area contributed by atoms with Gasteiger partial charge in [-0.1, -0.05) is 176 Å². The van der Waals surface area contributed by atoms with Crippen molar-refractivity contribution >= 4 is 80.5 Å². The number of benzene rings is 9. The third kappa shape index (κ3) is 5.54. The highest BCUT2D eigenvalue weighted by molar-refractivity contribution is 7.26. The molecule has 5 nitrogen and oxygen atoms in total. The summed E-state index contributed by atoms with van der Waals surface area (Å²) in [5.74, 6) is 1.89. The summed E-state index contributed by atoms with van der Waals surface area (Å²) in [5, 5.41) is 9.75. The smallest absolute Gasteiger partial charge is 0.164 e. The average Bonchev–Trinajstić information content (AvgIpc) is 3.92. The molecule has 0 fully saturated rings. The SMILES string of the molecule is c1ccc(-c2ccc(-c3nc(-c4ccccc4)nc(-c4ccc(-c5cc6c7cc8ccccc8cc7sc6c6nc7c8ccc9ccccc9c8ccc7n56)cc4)n3)cc2)cc1. The second-order valence-corrected chi connectivity index (χ2v) is 16.9. The molecular weight excluding hydrogens is 775 g/mol. The Bertz CT molecular complexity index is 3890. The minimum Gasteiger partial charge on any atom is -0.291 e. The summed E-state index contributed by atoms with van der Waals surface area (Å²) >= 11 is 1.83. The Labute approximate surface area is 359 Å². The number of rotatable bonds is 5. The fraction of sp³-hybridized carbons (Fsp3) is 0. The van der Waals surface area contributed by atoms with Crippen LogP contribution in [0.3, 0.4) is 0 Å². The van der Waals surface area contributed by atoms with Gasteiger partial charge >= 0.3 is 0 Å². The van der Waals surface area contributed by atoms with E-state index in [0.717, 1.165) is 55.6 Å². The predicted molar refractivity (Wildman–Crippen MR) is 259 cm³/mol. The third-order valence-corrected chi connectivity index (χ3v) is 13.4. The van der Waals surface area contributed by atoms with Crippen LogP contribution in [0.5, 0.6) is 0 Å². The topological polar surface area (TPSA) is 56.0 Å². The lowest BCUT2D eigenvalue weighted by molar-refractivity contribution is 1.07. The van der Waals surface area contributed by atoms with Crippen LogP contribution >= 0.6 is 11.3 Å². The number of fused-ring (bicyclic) bond motifs is 12. The molecule has 9 aromatic carbocycles. The van der Waals surface area contributed by atoms with Crippen LogP contribution in [0, 0.1) is 0 Å². The van der Waals surface area contributed by atoms with Crippen LogP contribution in [0.2, 0.25) is 0 Å². The number of imidazole rings is 1. The van der Waals surface area contributed by atoms with Gasteiger partial charge in [-0.05, 0) is 67.9 Å². The van der Waals surface area contributed by atoms with Gasteiger partial charge in [0, 0.05) is 37.5 Å². The second-order valence-electron chi connectivity index (χ2n) is 15.8. The first-order valence-electron chi connectivity index (χ1n) is 20.8. The summed E-state index contributed by atoms with van der Waals surface area (Å²) in [7, 11) is 0. The molecule has 0 saturated carbocycles. The van der Waals surface area contributed by atoms with Crippen LogP contribution in [0.25, 0.3) is 126 Å². The average molecular weight is 808 g/mol. The fourth-order valence-electron chi connectivity index (χ4n) is 9.13. The van der Waals surface area contributed by atoms with Gasteiger partial charge in [0.25, 0.3) is 0 Å². The van der Waals surface area contributed by atoms with Crippen LogP contribution in [-0.4, -0.2) is 24.3 Å². The van der Waals surface area contributed by atoms with Gasteiger partial charge in [-0.15, -0.1) is 11.3 Å². The molecule has 0 bridgehead atoms. The lowest BCUT2D eigenvalue weighted by Crippen LogP contribution is -2.00. The Morgan fingerprint density at radius 2 is 0.871 bits per heavy atom. The molecule has 0 aliphatic rings. The highest BCUT2D eigenvalue weighted by atomic mass is 32.1. The van der Waals surface area contributed by atoms with Gasteiger partial charge in [-0.2, -0.15) is 0 Å². The molecule has 288 valence electrons. The lowest BCUT2D eigenvalue weighted by atomic mass is 10.0.